The summed E-state index contributed by atoms with van der Waals surface area (Å²) in [5.74, 6) is -0.0885. The zero-order valence-electron chi connectivity index (χ0n) is 12.6. The molecule has 1 aromatic heterocycles. The minimum Gasteiger partial charge on any atom is -0.384 e. The fourth-order valence-electron chi connectivity index (χ4n) is 2.03. The molecule has 0 aliphatic carbocycles. The van der Waals surface area contributed by atoms with Crippen LogP contribution >= 0.6 is 11.3 Å². The van der Waals surface area contributed by atoms with E-state index in [4.69, 9.17) is 0 Å². The number of para-hydroxylation sites is 1. The Morgan fingerprint density at radius 3 is 2.76 bits per heavy atom. The molecule has 0 radical (unpaired) electrons. The molecule has 5 heteroatoms. The van der Waals surface area contributed by atoms with Crippen molar-refractivity contribution in [3.8, 4) is 0 Å². The lowest BCUT2D eigenvalue weighted by Crippen LogP contribution is -2.41. The van der Waals surface area contributed by atoms with Crippen molar-refractivity contribution in [2.75, 3.05) is 11.9 Å². The van der Waals surface area contributed by atoms with Crippen LogP contribution in [0.15, 0.2) is 35.8 Å². The zero-order valence-corrected chi connectivity index (χ0v) is 13.5. The normalized spacial score (nSPS) is 11.2. The van der Waals surface area contributed by atoms with Gasteiger partial charge >= 0.3 is 0 Å². The second kappa shape index (κ2) is 6.72. The number of carbonyl (C=O) groups excluding carboxylic acids is 1. The number of hydrogen-bond donors (Lipinski definition) is 2. The Kier molecular flexibility index (Phi) is 4.96. The quantitative estimate of drug-likeness (QED) is 0.857. The first-order valence-corrected chi connectivity index (χ1v) is 7.98. The van der Waals surface area contributed by atoms with Crippen molar-refractivity contribution in [2.24, 2.45) is 0 Å². The van der Waals surface area contributed by atoms with Crippen LogP contribution in [-0.2, 0) is 5.54 Å². The van der Waals surface area contributed by atoms with Crippen LogP contribution in [0.4, 0.5) is 5.69 Å². The first kappa shape index (κ1) is 15.5. The van der Waals surface area contributed by atoms with E-state index in [2.05, 4.69) is 22.5 Å². The van der Waals surface area contributed by atoms with Crippen molar-refractivity contribution in [3.05, 3.63) is 46.4 Å². The summed E-state index contributed by atoms with van der Waals surface area (Å²) in [6, 6.07) is 7.58. The summed E-state index contributed by atoms with van der Waals surface area (Å²) in [6.07, 6.45) is 2.77. The Hall–Kier alpha value is -1.88. The number of nitrogens with one attached hydrogen (secondary N) is 2. The van der Waals surface area contributed by atoms with Crippen molar-refractivity contribution < 1.29 is 4.79 Å². The minimum atomic E-state index is -0.483. The summed E-state index contributed by atoms with van der Waals surface area (Å²) < 4.78 is 0. The lowest BCUT2D eigenvalue weighted by Gasteiger charge is -2.24. The molecule has 21 heavy (non-hydrogen) atoms. The lowest BCUT2D eigenvalue weighted by atomic mass is 10.0. The van der Waals surface area contributed by atoms with Gasteiger partial charge in [0.05, 0.1) is 11.1 Å². The third kappa shape index (κ3) is 3.82. The lowest BCUT2D eigenvalue weighted by molar-refractivity contribution is 0.0912. The Balaban J connectivity index is 2.17. The van der Waals surface area contributed by atoms with Crippen molar-refractivity contribution in [1.82, 2.24) is 10.3 Å². The van der Waals surface area contributed by atoms with Gasteiger partial charge in [-0.1, -0.05) is 19.1 Å². The molecule has 4 nitrogen and oxygen atoms in total. The monoisotopic (exact) mass is 303 g/mol. The standard InChI is InChI=1S/C16H21N3OS/c1-4-9-17-13-8-6-5-7-12(13)14(20)19-16(2,3)15-18-10-11-21-15/h5-8,10-11,17H,4,9H2,1-3H3,(H,19,20). The van der Waals surface area contributed by atoms with Gasteiger partial charge in [0, 0.05) is 23.8 Å². The predicted molar refractivity (Wildman–Crippen MR) is 87.8 cm³/mol. The maximum absolute atomic E-state index is 12.6. The molecule has 0 atom stereocenters. The van der Waals surface area contributed by atoms with Crippen LogP contribution in [0.3, 0.4) is 0 Å². The number of rotatable bonds is 6. The van der Waals surface area contributed by atoms with Crippen LogP contribution in [0.25, 0.3) is 0 Å². The van der Waals surface area contributed by atoms with E-state index >= 15 is 0 Å². The largest absolute Gasteiger partial charge is 0.384 e. The van der Waals surface area contributed by atoms with Crippen LogP contribution in [0.5, 0.6) is 0 Å². The molecule has 112 valence electrons. The Morgan fingerprint density at radius 1 is 1.33 bits per heavy atom. The van der Waals surface area contributed by atoms with Crippen LogP contribution in [-0.4, -0.2) is 17.4 Å². The number of aromatic nitrogens is 1. The van der Waals surface area contributed by atoms with Gasteiger partial charge < -0.3 is 10.6 Å². The Labute approximate surface area is 129 Å². The molecule has 0 unspecified atom stereocenters. The summed E-state index contributed by atoms with van der Waals surface area (Å²) in [4.78, 5) is 16.9. The maximum Gasteiger partial charge on any atom is 0.254 e. The van der Waals surface area contributed by atoms with Gasteiger partial charge in [0.1, 0.15) is 5.01 Å². The summed E-state index contributed by atoms with van der Waals surface area (Å²) in [5.41, 5.74) is 1.05. The van der Waals surface area contributed by atoms with Crippen molar-refractivity contribution in [1.29, 1.82) is 0 Å². The molecule has 2 aromatic rings. The van der Waals surface area contributed by atoms with E-state index in [9.17, 15) is 4.79 Å². The third-order valence-electron chi connectivity index (χ3n) is 3.13. The Bertz CT molecular complexity index is 593. The Morgan fingerprint density at radius 2 is 2.10 bits per heavy atom. The SMILES string of the molecule is CCCNc1ccccc1C(=O)NC(C)(C)c1nccs1. The molecule has 1 heterocycles. The number of nitrogens with zero attached hydrogens (tertiary/aromatic N) is 1. The predicted octanol–water partition coefficient (Wildman–Crippen LogP) is 3.63. The highest BCUT2D eigenvalue weighted by molar-refractivity contribution is 7.09. The molecule has 1 amide bonds. The van der Waals surface area contributed by atoms with E-state index in [1.54, 1.807) is 17.5 Å². The highest BCUT2D eigenvalue weighted by Gasteiger charge is 2.26. The summed E-state index contributed by atoms with van der Waals surface area (Å²) in [6.45, 7) is 6.87. The third-order valence-corrected chi connectivity index (χ3v) is 4.23. The van der Waals surface area contributed by atoms with E-state index in [1.807, 2.05) is 43.5 Å². The molecular formula is C16H21N3OS. The average Bonchev–Trinajstić information content (AvgIpc) is 3.00. The molecule has 0 saturated carbocycles. The zero-order chi connectivity index (χ0) is 15.3. The first-order valence-electron chi connectivity index (χ1n) is 7.10. The average molecular weight is 303 g/mol. The molecule has 0 fully saturated rings. The molecule has 2 rings (SSSR count). The van der Waals surface area contributed by atoms with Gasteiger partial charge in [0.25, 0.3) is 5.91 Å². The highest BCUT2D eigenvalue weighted by Crippen LogP contribution is 2.24. The number of benzene rings is 1. The molecule has 0 saturated heterocycles. The van der Waals surface area contributed by atoms with Crippen molar-refractivity contribution in [2.45, 2.75) is 32.7 Å². The van der Waals surface area contributed by atoms with Crippen LogP contribution in [0.1, 0.15) is 42.6 Å². The minimum absolute atomic E-state index is 0.0885. The van der Waals surface area contributed by atoms with Gasteiger partial charge in [-0.2, -0.15) is 0 Å². The van der Waals surface area contributed by atoms with Crippen LogP contribution in [0, 0.1) is 0 Å². The molecule has 0 bridgehead atoms. The molecular weight excluding hydrogens is 282 g/mol. The topological polar surface area (TPSA) is 54.0 Å². The fourth-order valence-corrected chi connectivity index (χ4v) is 2.75. The molecule has 0 spiro atoms. The second-order valence-corrected chi connectivity index (χ2v) is 6.28. The van der Waals surface area contributed by atoms with Gasteiger partial charge in [-0.15, -0.1) is 11.3 Å². The number of amides is 1. The highest BCUT2D eigenvalue weighted by atomic mass is 32.1. The summed E-state index contributed by atoms with van der Waals surface area (Å²) in [5, 5.41) is 9.17. The van der Waals surface area contributed by atoms with Crippen molar-refractivity contribution in [3.63, 3.8) is 0 Å². The number of carbonyl (C=O) groups is 1. The first-order chi connectivity index (χ1) is 10.0. The molecule has 1 aromatic carbocycles. The van der Waals surface area contributed by atoms with Gasteiger partial charge in [-0.05, 0) is 32.4 Å². The number of thiazole rings is 1. The van der Waals surface area contributed by atoms with E-state index < -0.39 is 5.54 Å². The fraction of sp³-hybridized carbons (Fsp3) is 0.375. The van der Waals surface area contributed by atoms with Crippen LogP contribution in [0.2, 0.25) is 0 Å². The van der Waals surface area contributed by atoms with Gasteiger partial charge in [0.15, 0.2) is 0 Å². The molecule has 2 N–H and O–H groups in total. The van der Waals surface area contributed by atoms with Crippen molar-refractivity contribution >= 4 is 22.9 Å². The van der Waals surface area contributed by atoms with E-state index in [1.165, 1.54) is 0 Å². The number of anilines is 1. The maximum atomic E-state index is 12.6. The van der Waals surface area contributed by atoms with E-state index in [0.29, 0.717) is 5.56 Å². The smallest absolute Gasteiger partial charge is 0.254 e. The van der Waals surface area contributed by atoms with Gasteiger partial charge in [-0.25, -0.2) is 4.98 Å². The van der Waals surface area contributed by atoms with E-state index in [-0.39, 0.29) is 5.91 Å². The molecule has 0 aliphatic rings. The summed E-state index contributed by atoms with van der Waals surface area (Å²) >= 11 is 1.54. The molecule has 0 aliphatic heterocycles. The number of hydrogen-bond acceptors (Lipinski definition) is 4. The van der Waals surface area contributed by atoms with Gasteiger partial charge in [0.2, 0.25) is 0 Å². The summed E-state index contributed by atoms with van der Waals surface area (Å²) in [7, 11) is 0. The van der Waals surface area contributed by atoms with E-state index in [0.717, 1.165) is 23.7 Å². The van der Waals surface area contributed by atoms with Gasteiger partial charge in [-0.3, -0.25) is 4.79 Å². The van der Waals surface area contributed by atoms with Crippen LogP contribution < -0.4 is 10.6 Å². The second-order valence-electron chi connectivity index (χ2n) is 5.39.